The molecule has 2 unspecified atom stereocenters. The Hall–Kier alpha value is -1.21. The number of nitrogens with zero attached hydrogens (tertiary/aromatic N) is 2. The second-order valence-electron chi connectivity index (χ2n) is 4.59. The quantitative estimate of drug-likeness (QED) is 0.823. The first-order valence-corrected chi connectivity index (χ1v) is 9.17. The van der Waals surface area contributed by atoms with Crippen LogP contribution in [0.2, 0.25) is 0 Å². The van der Waals surface area contributed by atoms with Crippen molar-refractivity contribution in [2.24, 2.45) is 0 Å². The molecule has 0 bridgehead atoms. The predicted molar refractivity (Wildman–Crippen MR) is 88.2 cm³/mol. The maximum Gasteiger partial charge on any atom is 0.226 e. The molecule has 2 atom stereocenters. The van der Waals surface area contributed by atoms with Crippen LogP contribution in [0.1, 0.15) is 20.3 Å². The molecule has 2 rings (SSSR count). The van der Waals surface area contributed by atoms with Gasteiger partial charge in [-0.25, -0.2) is 4.98 Å². The minimum absolute atomic E-state index is 0.190. The Morgan fingerprint density at radius 3 is 2.90 bits per heavy atom. The molecule has 2 N–H and O–H groups in total. The van der Waals surface area contributed by atoms with Gasteiger partial charge in [-0.3, -0.25) is 4.21 Å². The summed E-state index contributed by atoms with van der Waals surface area (Å²) in [6, 6.07) is 2.03. The third-order valence-corrected chi connectivity index (χ3v) is 5.25. The van der Waals surface area contributed by atoms with Crippen molar-refractivity contribution in [2.45, 2.75) is 25.5 Å². The van der Waals surface area contributed by atoms with Crippen LogP contribution in [0.4, 0.5) is 11.8 Å². The molecule has 110 valence electrons. The lowest BCUT2D eigenvalue weighted by atomic mass is 10.3. The van der Waals surface area contributed by atoms with E-state index in [1.165, 1.54) is 0 Å². The molecule has 0 aliphatic carbocycles. The largest absolute Gasteiger partial charge is 0.369 e. The van der Waals surface area contributed by atoms with Crippen LogP contribution < -0.4 is 10.6 Å². The van der Waals surface area contributed by atoms with Gasteiger partial charge >= 0.3 is 0 Å². The lowest BCUT2D eigenvalue weighted by Gasteiger charge is -2.11. The highest BCUT2D eigenvalue weighted by atomic mass is 32.2. The summed E-state index contributed by atoms with van der Waals surface area (Å²) in [6.07, 6.45) is 2.60. The number of rotatable bonds is 7. The number of thiophene rings is 1. The topological polar surface area (TPSA) is 66.9 Å². The summed E-state index contributed by atoms with van der Waals surface area (Å²) in [5.74, 6) is 1.50. The molecule has 2 aromatic rings. The molecule has 0 saturated carbocycles. The summed E-state index contributed by atoms with van der Waals surface area (Å²) in [6.45, 7) is 5.58. The van der Waals surface area contributed by atoms with Crippen molar-refractivity contribution < 1.29 is 4.21 Å². The molecule has 0 fully saturated rings. The van der Waals surface area contributed by atoms with Gasteiger partial charge in [0.2, 0.25) is 5.95 Å². The molecule has 5 nitrogen and oxygen atoms in total. The van der Waals surface area contributed by atoms with Crippen LogP contribution in [0.15, 0.2) is 11.4 Å². The van der Waals surface area contributed by atoms with Gasteiger partial charge in [0.15, 0.2) is 0 Å². The molecule has 0 saturated heterocycles. The molecular weight excluding hydrogens is 292 g/mol. The zero-order chi connectivity index (χ0) is 14.5. The Bertz CT molecular complexity index is 599. The normalized spacial score (nSPS) is 14.2. The van der Waals surface area contributed by atoms with E-state index in [1.807, 2.05) is 25.3 Å². The fraction of sp³-hybridized carbons (Fsp3) is 0.538. The van der Waals surface area contributed by atoms with Crippen LogP contribution in [-0.4, -0.2) is 38.8 Å². The summed E-state index contributed by atoms with van der Waals surface area (Å²) in [4.78, 5) is 9.94. The molecular formula is C13H20N4OS2. The number of hydrogen-bond donors (Lipinski definition) is 2. The highest BCUT2D eigenvalue weighted by Crippen LogP contribution is 2.26. The minimum atomic E-state index is -0.778. The fourth-order valence-electron chi connectivity index (χ4n) is 1.79. The van der Waals surface area contributed by atoms with E-state index in [0.717, 1.165) is 35.5 Å². The predicted octanol–water partition coefficient (Wildman–Crippen LogP) is 2.69. The Labute approximate surface area is 125 Å². The highest BCUT2D eigenvalue weighted by molar-refractivity contribution is 7.84. The van der Waals surface area contributed by atoms with E-state index < -0.39 is 10.8 Å². The van der Waals surface area contributed by atoms with Crippen LogP contribution in [0.5, 0.6) is 0 Å². The first kappa shape index (κ1) is 15.2. The number of nitrogens with one attached hydrogen (secondary N) is 2. The van der Waals surface area contributed by atoms with Crippen LogP contribution in [-0.2, 0) is 10.8 Å². The van der Waals surface area contributed by atoms with Crippen molar-refractivity contribution in [1.82, 2.24) is 9.97 Å². The van der Waals surface area contributed by atoms with E-state index >= 15 is 0 Å². The van der Waals surface area contributed by atoms with Crippen molar-refractivity contribution in [3.8, 4) is 0 Å². The van der Waals surface area contributed by atoms with Crippen molar-refractivity contribution in [1.29, 1.82) is 0 Å². The molecule has 7 heteroatoms. The number of anilines is 2. The molecule has 0 aliphatic rings. The van der Waals surface area contributed by atoms with Gasteiger partial charge < -0.3 is 10.6 Å². The van der Waals surface area contributed by atoms with Gasteiger partial charge in [-0.2, -0.15) is 4.98 Å². The zero-order valence-electron chi connectivity index (χ0n) is 12.0. The van der Waals surface area contributed by atoms with Crippen LogP contribution in [0, 0.1) is 0 Å². The fourth-order valence-corrected chi connectivity index (χ4v) is 3.00. The van der Waals surface area contributed by atoms with Crippen molar-refractivity contribution in [3.63, 3.8) is 0 Å². The number of fused-ring (bicyclic) bond motifs is 1. The molecule has 0 aromatic carbocycles. The van der Waals surface area contributed by atoms with E-state index in [4.69, 9.17) is 0 Å². The molecule has 0 amide bonds. The maximum absolute atomic E-state index is 11.3. The Balaban J connectivity index is 2.11. The van der Waals surface area contributed by atoms with E-state index in [9.17, 15) is 4.21 Å². The first-order valence-electron chi connectivity index (χ1n) is 6.67. The SMILES string of the molecule is CCNc1nc(NCCC(C)S(C)=O)c2ccsc2n1. The van der Waals surface area contributed by atoms with Crippen molar-refractivity contribution in [2.75, 3.05) is 30.0 Å². The average Bonchev–Trinajstić information content (AvgIpc) is 2.87. The zero-order valence-corrected chi connectivity index (χ0v) is 13.6. The van der Waals surface area contributed by atoms with Crippen LogP contribution in [0.3, 0.4) is 0 Å². The molecule has 0 radical (unpaired) electrons. The van der Waals surface area contributed by atoms with Gasteiger partial charge in [-0.05, 0) is 24.8 Å². The second-order valence-corrected chi connectivity index (χ2v) is 7.29. The lowest BCUT2D eigenvalue weighted by Crippen LogP contribution is -2.15. The molecule has 20 heavy (non-hydrogen) atoms. The monoisotopic (exact) mass is 312 g/mol. The summed E-state index contributed by atoms with van der Waals surface area (Å²) in [5.41, 5.74) is 0. The van der Waals surface area contributed by atoms with E-state index in [-0.39, 0.29) is 5.25 Å². The average molecular weight is 312 g/mol. The van der Waals surface area contributed by atoms with Crippen LogP contribution >= 0.6 is 11.3 Å². The second kappa shape index (κ2) is 6.99. The summed E-state index contributed by atoms with van der Waals surface area (Å²) < 4.78 is 11.3. The van der Waals surface area contributed by atoms with Crippen molar-refractivity contribution >= 4 is 44.1 Å². The van der Waals surface area contributed by atoms with Crippen LogP contribution in [0.25, 0.3) is 10.2 Å². The maximum atomic E-state index is 11.3. The van der Waals surface area contributed by atoms with Gasteiger partial charge in [0, 0.05) is 35.4 Å². The molecule has 0 aliphatic heterocycles. The molecule has 0 spiro atoms. The molecule has 2 aromatic heterocycles. The van der Waals surface area contributed by atoms with E-state index in [2.05, 4.69) is 20.6 Å². The number of aromatic nitrogens is 2. The third-order valence-electron chi connectivity index (χ3n) is 3.07. The van der Waals surface area contributed by atoms with Crippen molar-refractivity contribution in [3.05, 3.63) is 11.4 Å². The van der Waals surface area contributed by atoms with Gasteiger partial charge in [-0.1, -0.05) is 6.92 Å². The van der Waals surface area contributed by atoms with E-state index in [1.54, 1.807) is 17.6 Å². The third kappa shape index (κ3) is 3.67. The van der Waals surface area contributed by atoms with E-state index in [0.29, 0.717) is 5.95 Å². The first-order chi connectivity index (χ1) is 9.61. The Morgan fingerprint density at radius 2 is 2.20 bits per heavy atom. The van der Waals surface area contributed by atoms with Gasteiger partial charge in [0.05, 0.1) is 5.39 Å². The Kier molecular flexibility index (Phi) is 5.31. The summed E-state index contributed by atoms with van der Waals surface area (Å²) in [5, 5.41) is 9.73. The lowest BCUT2D eigenvalue weighted by molar-refractivity contribution is 0.672. The summed E-state index contributed by atoms with van der Waals surface area (Å²) in [7, 11) is -0.778. The standard InChI is InChI=1S/C13H20N4OS2/c1-4-14-13-16-11(10-6-8-19-12(10)17-13)15-7-5-9(2)20(3)18/h6,8-9H,4-5,7H2,1-3H3,(H2,14,15,16,17). The van der Waals surface area contributed by atoms with Gasteiger partial charge in [0.1, 0.15) is 10.6 Å². The minimum Gasteiger partial charge on any atom is -0.369 e. The van der Waals surface area contributed by atoms with Gasteiger partial charge in [0.25, 0.3) is 0 Å². The smallest absolute Gasteiger partial charge is 0.226 e. The molecule has 2 heterocycles. The van der Waals surface area contributed by atoms with Gasteiger partial charge in [-0.15, -0.1) is 11.3 Å². The summed E-state index contributed by atoms with van der Waals surface area (Å²) >= 11 is 1.61. The number of hydrogen-bond acceptors (Lipinski definition) is 6. The highest BCUT2D eigenvalue weighted by Gasteiger charge is 2.10. The Morgan fingerprint density at radius 1 is 1.40 bits per heavy atom.